The number of hydrogen-bond donors (Lipinski definition) is 1. The zero-order valence-electron chi connectivity index (χ0n) is 10.1. The predicted octanol–water partition coefficient (Wildman–Crippen LogP) is 2.70. The molecule has 18 heavy (non-hydrogen) atoms. The van der Waals surface area contributed by atoms with Gasteiger partial charge in [-0.2, -0.15) is 0 Å². The molecule has 1 aromatic carbocycles. The van der Waals surface area contributed by atoms with Crippen molar-refractivity contribution in [1.29, 1.82) is 0 Å². The smallest absolute Gasteiger partial charge is 0.270 e. The van der Waals surface area contributed by atoms with Gasteiger partial charge in [-0.3, -0.25) is 10.1 Å². The fourth-order valence-electron chi connectivity index (χ4n) is 1.85. The molecule has 94 valence electrons. The van der Waals surface area contributed by atoms with Crippen LogP contribution in [0.3, 0.4) is 0 Å². The van der Waals surface area contributed by atoms with E-state index < -0.39 is 4.92 Å². The van der Waals surface area contributed by atoms with Gasteiger partial charge in [0, 0.05) is 23.3 Å². The lowest BCUT2D eigenvalue weighted by atomic mass is 10.0. The number of nitrogens with two attached hydrogens (primary N) is 1. The Morgan fingerprint density at radius 1 is 1.50 bits per heavy atom. The minimum absolute atomic E-state index is 0.0271. The van der Waals surface area contributed by atoms with E-state index in [4.69, 9.17) is 10.3 Å². The molecule has 2 rings (SSSR count). The molecule has 2 N–H and O–H groups in total. The van der Waals surface area contributed by atoms with Crippen molar-refractivity contribution in [3.8, 4) is 11.3 Å². The van der Waals surface area contributed by atoms with Gasteiger partial charge in [0.15, 0.2) is 0 Å². The zero-order chi connectivity index (χ0) is 13.3. The van der Waals surface area contributed by atoms with E-state index >= 15 is 0 Å². The van der Waals surface area contributed by atoms with E-state index in [1.165, 1.54) is 12.1 Å². The predicted molar refractivity (Wildman–Crippen MR) is 67.1 cm³/mol. The van der Waals surface area contributed by atoms with Crippen molar-refractivity contribution in [3.05, 3.63) is 39.4 Å². The summed E-state index contributed by atoms with van der Waals surface area (Å²) in [4.78, 5) is 10.4. The van der Waals surface area contributed by atoms with Crippen LogP contribution in [0.1, 0.15) is 18.1 Å². The van der Waals surface area contributed by atoms with Gasteiger partial charge in [-0.1, -0.05) is 18.1 Å². The van der Waals surface area contributed by atoms with Crippen LogP contribution in [0.2, 0.25) is 0 Å². The Hall–Kier alpha value is -2.37. The topological polar surface area (TPSA) is 95.2 Å². The van der Waals surface area contributed by atoms with Gasteiger partial charge >= 0.3 is 0 Å². The van der Waals surface area contributed by atoms with Crippen LogP contribution >= 0.6 is 0 Å². The molecule has 0 saturated heterocycles. The van der Waals surface area contributed by atoms with E-state index in [-0.39, 0.29) is 11.6 Å². The Morgan fingerprint density at radius 3 is 2.83 bits per heavy atom. The lowest BCUT2D eigenvalue weighted by molar-refractivity contribution is -0.384. The molecular formula is C12H13N3O3. The zero-order valence-corrected chi connectivity index (χ0v) is 10.1. The Morgan fingerprint density at radius 2 is 2.22 bits per heavy atom. The normalized spacial score (nSPS) is 10.6. The van der Waals surface area contributed by atoms with Crippen molar-refractivity contribution >= 4 is 11.6 Å². The van der Waals surface area contributed by atoms with Crippen LogP contribution in [-0.4, -0.2) is 10.1 Å². The van der Waals surface area contributed by atoms with Crippen LogP contribution in [0, 0.1) is 17.0 Å². The van der Waals surface area contributed by atoms with E-state index in [1.54, 1.807) is 6.07 Å². The molecule has 1 aromatic heterocycles. The molecule has 2 aromatic rings. The number of nitrogen functional groups attached to an aromatic ring is 1. The Bertz CT molecular complexity index is 605. The van der Waals surface area contributed by atoms with Gasteiger partial charge in [0.1, 0.15) is 5.69 Å². The highest BCUT2D eigenvalue weighted by atomic mass is 16.6. The molecule has 0 aliphatic heterocycles. The molecule has 0 fully saturated rings. The van der Waals surface area contributed by atoms with Gasteiger partial charge in [0.25, 0.3) is 5.69 Å². The number of benzene rings is 1. The van der Waals surface area contributed by atoms with Gasteiger partial charge in [-0.25, -0.2) is 0 Å². The second-order valence-corrected chi connectivity index (χ2v) is 3.98. The van der Waals surface area contributed by atoms with Crippen LogP contribution in [0.15, 0.2) is 22.7 Å². The summed E-state index contributed by atoms with van der Waals surface area (Å²) in [6.07, 6.45) is 0.660. The number of rotatable bonds is 3. The summed E-state index contributed by atoms with van der Waals surface area (Å²) in [7, 11) is 0. The summed E-state index contributed by atoms with van der Waals surface area (Å²) in [5.74, 6) is 0.262. The number of nitro groups is 1. The second kappa shape index (κ2) is 4.48. The standard InChI is InChI=1S/C12H13N3O3/c1-3-9-11(14-18-12(9)13)10-6-8(15(16)17)5-4-7(10)2/h4-6H,3,13H2,1-2H3. The maximum atomic E-state index is 10.8. The molecule has 0 bridgehead atoms. The number of aryl methyl sites for hydroxylation is 1. The van der Waals surface area contributed by atoms with Crippen molar-refractivity contribution in [2.45, 2.75) is 20.3 Å². The van der Waals surface area contributed by atoms with Crippen LogP contribution in [-0.2, 0) is 6.42 Å². The summed E-state index contributed by atoms with van der Waals surface area (Å²) in [5.41, 5.74) is 8.63. The highest BCUT2D eigenvalue weighted by Gasteiger charge is 2.18. The molecule has 0 atom stereocenters. The lowest BCUT2D eigenvalue weighted by Gasteiger charge is -2.03. The minimum atomic E-state index is -0.433. The third-order valence-corrected chi connectivity index (χ3v) is 2.86. The fraction of sp³-hybridized carbons (Fsp3) is 0.250. The first-order chi connectivity index (χ1) is 8.54. The van der Waals surface area contributed by atoms with Crippen LogP contribution in [0.5, 0.6) is 0 Å². The third kappa shape index (κ3) is 1.92. The first-order valence-electron chi connectivity index (χ1n) is 5.54. The van der Waals surface area contributed by atoms with Crippen LogP contribution in [0.25, 0.3) is 11.3 Å². The van der Waals surface area contributed by atoms with E-state index in [0.717, 1.165) is 11.1 Å². The van der Waals surface area contributed by atoms with Gasteiger partial charge in [-0.15, -0.1) is 0 Å². The number of non-ortho nitro benzene ring substituents is 1. The summed E-state index contributed by atoms with van der Waals surface area (Å²) in [5, 5.41) is 14.7. The Balaban J connectivity index is 2.62. The van der Waals surface area contributed by atoms with Crippen molar-refractivity contribution < 1.29 is 9.45 Å². The SMILES string of the molecule is CCc1c(-c2cc([N+](=O)[O-])ccc2C)noc1N. The molecule has 0 aliphatic carbocycles. The first kappa shape index (κ1) is 12.1. The summed E-state index contributed by atoms with van der Waals surface area (Å²) in [6.45, 7) is 3.79. The molecule has 1 heterocycles. The molecule has 0 aliphatic rings. The molecule has 6 heteroatoms. The molecule has 0 spiro atoms. The van der Waals surface area contributed by atoms with E-state index in [0.29, 0.717) is 17.7 Å². The van der Waals surface area contributed by atoms with E-state index in [1.807, 2.05) is 13.8 Å². The number of anilines is 1. The number of hydrogen-bond acceptors (Lipinski definition) is 5. The van der Waals surface area contributed by atoms with Crippen molar-refractivity contribution in [2.24, 2.45) is 0 Å². The van der Waals surface area contributed by atoms with Crippen molar-refractivity contribution in [2.75, 3.05) is 5.73 Å². The summed E-state index contributed by atoms with van der Waals surface area (Å²) >= 11 is 0. The van der Waals surface area contributed by atoms with Crippen LogP contribution < -0.4 is 5.73 Å². The molecular weight excluding hydrogens is 234 g/mol. The quantitative estimate of drug-likeness (QED) is 0.664. The average molecular weight is 247 g/mol. The van der Waals surface area contributed by atoms with Crippen LogP contribution in [0.4, 0.5) is 11.6 Å². The van der Waals surface area contributed by atoms with Crippen molar-refractivity contribution in [1.82, 2.24) is 5.16 Å². The maximum absolute atomic E-state index is 10.8. The number of aromatic nitrogens is 1. The lowest BCUT2D eigenvalue weighted by Crippen LogP contribution is -1.94. The first-order valence-corrected chi connectivity index (χ1v) is 5.54. The molecule has 0 amide bonds. The molecule has 0 unspecified atom stereocenters. The molecule has 0 radical (unpaired) electrons. The highest BCUT2D eigenvalue weighted by Crippen LogP contribution is 2.32. The molecule has 0 saturated carbocycles. The Labute approximate surface area is 104 Å². The monoisotopic (exact) mass is 247 g/mol. The van der Waals surface area contributed by atoms with E-state index in [2.05, 4.69) is 5.16 Å². The Kier molecular flexibility index (Phi) is 3.01. The fourth-order valence-corrected chi connectivity index (χ4v) is 1.85. The number of nitro benzene ring substituents is 1. The molecule has 6 nitrogen and oxygen atoms in total. The highest BCUT2D eigenvalue weighted by molar-refractivity contribution is 5.72. The van der Waals surface area contributed by atoms with Gasteiger partial charge < -0.3 is 10.3 Å². The van der Waals surface area contributed by atoms with Gasteiger partial charge in [0.05, 0.1) is 4.92 Å². The third-order valence-electron chi connectivity index (χ3n) is 2.86. The van der Waals surface area contributed by atoms with Gasteiger partial charge in [0.2, 0.25) is 5.88 Å². The second-order valence-electron chi connectivity index (χ2n) is 3.98. The minimum Gasteiger partial charge on any atom is -0.367 e. The average Bonchev–Trinajstić information content (AvgIpc) is 2.70. The number of nitrogens with zero attached hydrogens (tertiary/aromatic N) is 2. The van der Waals surface area contributed by atoms with Gasteiger partial charge in [-0.05, 0) is 18.9 Å². The largest absolute Gasteiger partial charge is 0.367 e. The maximum Gasteiger partial charge on any atom is 0.270 e. The summed E-state index contributed by atoms with van der Waals surface area (Å²) in [6, 6.07) is 4.65. The summed E-state index contributed by atoms with van der Waals surface area (Å²) < 4.78 is 4.95. The van der Waals surface area contributed by atoms with E-state index in [9.17, 15) is 10.1 Å². The van der Waals surface area contributed by atoms with Crippen molar-refractivity contribution in [3.63, 3.8) is 0 Å².